The summed E-state index contributed by atoms with van der Waals surface area (Å²) >= 11 is 1.43. The topological polar surface area (TPSA) is 100 Å². The van der Waals surface area contributed by atoms with Crippen molar-refractivity contribution in [2.75, 3.05) is 20.3 Å². The SMILES string of the molecule is COc1ccc(-c2nc(S[C@H](CC(=O)NCCO)c3ccc(C)cc3)n[nH]2)cc1. The molecular weight excluding hydrogens is 388 g/mol. The zero-order valence-electron chi connectivity index (χ0n) is 16.4. The predicted octanol–water partition coefficient (Wildman–Crippen LogP) is 3.12. The fourth-order valence-corrected chi connectivity index (χ4v) is 3.77. The molecular formula is C21H24N4O3S. The molecule has 0 aliphatic heterocycles. The highest BCUT2D eigenvalue weighted by atomic mass is 32.2. The smallest absolute Gasteiger partial charge is 0.221 e. The lowest BCUT2D eigenvalue weighted by Crippen LogP contribution is -2.27. The van der Waals surface area contributed by atoms with Gasteiger partial charge in [0.05, 0.1) is 13.7 Å². The number of H-pyrrole nitrogens is 1. The minimum atomic E-state index is -0.145. The van der Waals surface area contributed by atoms with Crippen LogP contribution in [0.4, 0.5) is 0 Å². The first-order valence-corrected chi connectivity index (χ1v) is 10.1. The van der Waals surface area contributed by atoms with Crippen LogP contribution < -0.4 is 10.1 Å². The van der Waals surface area contributed by atoms with Crippen LogP contribution in [0.5, 0.6) is 5.75 Å². The van der Waals surface area contributed by atoms with Gasteiger partial charge in [-0.3, -0.25) is 9.89 Å². The number of aliphatic hydroxyl groups excluding tert-OH is 1. The number of carbonyl (C=O) groups excluding carboxylic acids is 1. The van der Waals surface area contributed by atoms with Crippen molar-refractivity contribution < 1.29 is 14.6 Å². The minimum absolute atomic E-state index is 0.0831. The number of ether oxygens (including phenoxy) is 1. The number of rotatable bonds is 9. The van der Waals surface area contributed by atoms with Gasteiger partial charge >= 0.3 is 0 Å². The quantitative estimate of drug-likeness (QED) is 0.467. The number of carbonyl (C=O) groups is 1. The van der Waals surface area contributed by atoms with Crippen molar-refractivity contribution in [2.24, 2.45) is 0 Å². The molecule has 0 unspecified atom stereocenters. The van der Waals surface area contributed by atoms with Gasteiger partial charge in [0.25, 0.3) is 0 Å². The van der Waals surface area contributed by atoms with Gasteiger partial charge < -0.3 is 15.2 Å². The highest BCUT2D eigenvalue weighted by molar-refractivity contribution is 7.99. The molecule has 8 heteroatoms. The van der Waals surface area contributed by atoms with E-state index in [1.807, 2.05) is 55.5 Å². The normalized spacial score (nSPS) is 11.8. The van der Waals surface area contributed by atoms with Crippen molar-refractivity contribution >= 4 is 17.7 Å². The fourth-order valence-electron chi connectivity index (χ4n) is 2.75. The number of aliphatic hydroxyl groups is 1. The van der Waals surface area contributed by atoms with E-state index in [0.717, 1.165) is 22.4 Å². The Kier molecular flexibility index (Phi) is 7.26. The summed E-state index contributed by atoms with van der Waals surface area (Å²) in [6.45, 7) is 2.18. The molecule has 0 bridgehead atoms. The third-order valence-electron chi connectivity index (χ3n) is 4.33. The first-order valence-electron chi connectivity index (χ1n) is 9.26. The van der Waals surface area contributed by atoms with Gasteiger partial charge in [0.15, 0.2) is 5.82 Å². The van der Waals surface area contributed by atoms with Gasteiger partial charge in [-0.1, -0.05) is 41.6 Å². The summed E-state index contributed by atoms with van der Waals surface area (Å²) in [5, 5.41) is 19.3. The summed E-state index contributed by atoms with van der Waals surface area (Å²) < 4.78 is 5.18. The van der Waals surface area contributed by atoms with Gasteiger partial charge in [-0.15, -0.1) is 5.10 Å². The van der Waals surface area contributed by atoms with Crippen LogP contribution >= 0.6 is 11.8 Å². The van der Waals surface area contributed by atoms with Gasteiger partial charge in [0.1, 0.15) is 5.75 Å². The fraction of sp³-hybridized carbons (Fsp3) is 0.286. The van der Waals surface area contributed by atoms with E-state index in [4.69, 9.17) is 9.84 Å². The maximum absolute atomic E-state index is 12.2. The average Bonchev–Trinajstić information content (AvgIpc) is 3.21. The van der Waals surface area contributed by atoms with Crippen LogP contribution in [0.25, 0.3) is 11.4 Å². The molecule has 1 aromatic heterocycles. The molecule has 0 aliphatic carbocycles. The van der Waals surface area contributed by atoms with Crippen LogP contribution in [0.15, 0.2) is 53.7 Å². The van der Waals surface area contributed by atoms with Crippen LogP contribution in [-0.2, 0) is 4.79 Å². The Morgan fingerprint density at radius 2 is 1.93 bits per heavy atom. The van der Waals surface area contributed by atoms with Crippen molar-refractivity contribution in [3.05, 3.63) is 59.7 Å². The summed E-state index contributed by atoms with van der Waals surface area (Å²) in [6, 6.07) is 15.6. The molecule has 0 saturated heterocycles. The molecule has 0 spiro atoms. The summed E-state index contributed by atoms with van der Waals surface area (Å²) in [5.74, 6) is 1.31. The number of hydrogen-bond acceptors (Lipinski definition) is 6. The zero-order chi connectivity index (χ0) is 20.6. The lowest BCUT2D eigenvalue weighted by molar-refractivity contribution is -0.121. The Bertz CT molecular complexity index is 926. The Morgan fingerprint density at radius 1 is 1.21 bits per heavy atom. The molecule has 2 aromatic carbocycles. The van der Waals surface area contributed by atoms with Gasteiger partial charge in [-0.2, -0.15) is 0 Å². The number of hydrogen-bond donors (Lipinski definition) is 3. The third kappa shape index (κ3) is 5.82. The standard InChI is InChI=1S/C21H24N4O3S/c1-14-3-5-15(6-4-14)18(13-19(27)22-11-12-26)29-21-23-20(24-25-21)16-7-9-17(28-2)10-8-16/h3-10,18,26H,11-13H2,1-2H3,(H,22,27)(H,23,24,25)/t18-/m1/s1. The van der Waals surface area contributed by atoms with Crippen LogP contribution in [-0.4, -0.2) is 46.5 Å². The van der Waals surface area contributed by atoms with Crippen LogP contribution in [0.1, 0.15) is 22.8 Å². The Morgan fingerprint density at radius 3 is 2.59 bits per heavy atom. The van der Waals surface area contributed by atoms with Gasteiger partial charge in [-0.25, -0.2) is 4.98 Å². The highest BCUT2D eigenvalue weighted by Crippen LogP contribution is 2.36. The van der Waals surface area contributed by atoms with E-state index < -0.39 is 0 Å². The number of aromatic amines is 1. The number of aromatic nitrogens is 3. The van der Waals surface area contributed by atoms with E-state index in [-0.39, 0.29) is 30.7 Å². The van der Waals surface area contributed by atoms with E-state index in [1.165, 1.54) is 11.8 Å². The Balaban J connectivity index is 1.77. The molecule has 0 aliphatic rings. The number of aryl methyl sites for hydroxylation is 1. The molecule has 3 N–H and O–H groups in total. The summed E-state index contributed by atoms with van der Waals surface area (Å²) in [7, 11) is 1.63. The Labute approximate surface area is 173 Å². The van der Waals surface area contributed by atoms with Gasteiger partial charge in [0, 0.05) is 23.8 Å². The molecule has 7 nitrogen and oxygen atoms in total. The Hall–Kier alpha value is -2.84. The molecule has 0 radical (unpaired) electrons. The second-order valence-electron chi connectivity index (χ2n) is 6.49. The number of benzene rings is 2. The molecule has 0 fully saturated rings. The van der Waals surface area contributed by atoms with Crippen molar-refractivity contribution in [3.63, 3.8) is 0 Å². The summed E-state index contributed by atoms with van der Waals surface area (Å²) in [4.78, 5) is 16.8. The van der Waals surface area contributed by atoms with Crippen molar-refractivity contribution in [1.29, 1.82) is 0 Å². The maximum atomic E-state index is 12.2. The van der Waals surface area contributed by atoms with Gasteiger partial charge in [0.2, 0.25) is 11.1 Å². The van der Waals surface area contributed by atoms with Gasteiger partial charge in [-0.05, 0) is 36.8 Å². The van der Waals surface area contributed by atoms with Crippen molar-refractivity contribution in [2.45, 2.75) is 23.8 Å². The molecule has 0 saturated carbocycles. The highest BCUT2D eigenvalue weighted by Gasteiger charge is 2.20. The second-order valence-corrected chi connectivity index (χ2v) is 7.66. The van der Waals surface area contributed by atoms with Crippen molar-refractivity contribution in [3.8, 4) is 17.1 Å². The van der Waals surface area contributed by atoms with E-state index in [2.05, 4.69) is 20.5 Å². The summed E-state index contributed by atoms with van der Waals surface area (Å²) in [5.41, 5.74) is 3.08. The molecule has 3 aromatic rings. The molecule has 152 valence electrons. The van der Waals surface area contributed by atoms with Crippen LogP contribution in [0.2, 0.25) is 0 Å². The zero-order valence-corrected chi connectivity index (χ0v) is 17.2. The molecule has 3 rings (SSSR count). The number of amides is 1. The van der Waals surface area contributed by atoms with Crippen molar-refractivity contribution in [1.82, 2.24) is 20.5 Å². The van der Waals surface area contributed by atoms with E-state index in [1.54, 1.807) is 7.11 Å². The predicted molar refractivity (Wildman–Crippen MR) is 113 cm³/mol. The largest absolute Gasteiger partial charge is 0.497 e. The molecule has 29 heavy (non-hydrogen) atoms. The molecule has 1 atom stereocenters. The summed E-state index contributed by atoms with van der Waals surface area (Å²) in [6.07, 6.45) is 0.264. The minimum Gasteiger partial charge on any atom is -0.497 e. The number of methoxy groups -OCH3 is 1. The number of thioether (sulfide) groups is 1. The van der Waals surface area contributed by atoms with Crippen LogP contribution in [0, 0.1) is 6.92 Å². The second kappa shape index (κ2) is 10.1. The first kappa shape index (κ1) is 20.9. The molecule has 1 amide bonds. The van der Waals surface area contributed by atoms with E-state index >= 15 is 0 Å². The number of nitrogens with one attached hydrogen (secondary N) is 2. The third-order valence-corrected chi connectivity index (χ3v) is 5.45. The first-order chi connectivity index (χ1) is 14.1. The van der Waals surface area contributed by atoms with E-state index in [9.17, 15) is 4.79 Å². The monoisotopic (exact) mass is 412 g/mol. The average molecular weight is 413 g/mol. The maximum Gasteiger partial charge on any atom is 0.221 e. The lowest BCUT2D eigenvalue weighted by atomic mass is 10.1. The van der Waals surface area contributed by atoms with E-state index in [0.29, 0.717) is 11.0 Å². The molecule has 1 heterocycles. The van der Waals surface area contributed by atoms with Crippen LogP contribution in [0.3, 0.4) is 0 Å². The number of nitrogens with zero attached hydrogens (tertiary/aromatic N) is 2. The lowest BCUT2D eigenvalue weighted by Gasteiger charge is -2.15.